The summed E-state index contributed by atoms with van der Waals surface area (Å²) in [7, 11) is 0. The fourth-order valence-corrected chi connectivity index (χ4v) is 3.42. The van der Waals surface area contributed by atoms with Crippen LogP contribution in [0.4, 0.5) is 0 Å². The lowest BCUT2D eigenvalue weighted by atomic mass is 10.2. The Morgan fingerprint density at radius 3 is 3.06 bits per heavy atom. The standard InChI is InChI=1S/C12H15N3OS/c1-8-11(15-16-14-8)7-13-6-10-5-9-3-2-4-12(9)17-10/h5,13H,2-4,6-7H2,1H3. The maximum atomic E-state index is 4.66. The van der Waals surface area contributed by atoms with E-state index in [1.807, 2.05) is 18.3 Å². The van der Waals surface area contributed by atoms with E-state index >= 15 is 0 Å². The first kappa shape index (κ1) is 10.9. The molecule has 2 aromatic rings. The van der Waals surface area contributed by atoms with Crippen molar-refractivity contribution < 1.29 is 4.63 Å². The van der Waals surface area contributed by atoms with Crippen LogP contribution in [-0.2, 0) is 25.9 Å². The molecule has 2 aromatic heterocycles. The van der Waals surface area contributed by atoms with Crippen molar-refractivity contribution in [3.8, 4) is 0 Å². The van der Waals surface area contributed by atoms with Crippen molar-refractivity contribution in [2.24, 2.45) is 0 Å². The lowest BCUT2D eigenvalue weighted by Gasteiger charge is -1.99. The molecular weight excluding hydrogens is 234 g/mol. The molecule has 0 bridgehead atoms. The molecule has 90 valence electrons. The minimum Gasteiger partial charge on any atom is -0.306 e. The zero-order valence-corrected chi connectivity index (χ0v) is 10.6. The van der Waals surface area contributed by atoms with Gasteiger partial charge < -0.3 is 5.32 Å². The zero-order valence-electron chi connectivity index (χ0n) is 9.82. The van der Waals surface area contributed by atoms with Crippen LogP contribution in [0.25, 0.3) is 0 Å². The van der Waals surface area contributed by atoms with E-state index in [0.717, 1.165) is 24.5 Å². The fraction of sp³-hybridized carbons (Fsp3) is 0.500. The minimum atomic E-state index is 0.720. The number of aryl methyl sites for hydroxylation is 3. The summed E-state index contributed by atoms with van der Waals surface area (Å²) in [5.74, 6) is 0. The van der Waals surface area contributed by atoms with E-state index in [-0.39, 0.29) is 0 Å². The first-order valence-electron chi connectivity index (χ1n) is 5.92. The van der Waals surface area contributed by atoms with Gasteiger partial charge in [-0.1, -0.05) is 10.3 Å². The van der Waals surface area contributed by atoms with E-state index in [1.54, 1.807) is 10.4 Å². The highest BCUT2D eigenvalue weighted by Crippen LogP contribution is 2.30. The Hall–Kier alpha value is -1.20. The van der Waals surface area contributed by atoms with Gasteiger partial charge in [0.15, 0.2) is 0 Å². The molecule has 0 amide bonds. The quantitative estimate of drug-likeness (QED) is 0.902. The Morgan fingerprint density at radius 1 is 1.35 bits per heavy atom. The molecule has 4 nitrogen and oxygen atoms in total. The number of rotatable bonds is 4. The van der Waals surface area contributed by atoms with Gasteiger partial charge in [0.25, 0.3) is 0 Å². The Morgan fingerprint density at radius 2 is 2.29 bits per heavy atom. The average molecular weight is 249 g/mol. The summed E-state index contributed by atoms with van der Waals surface area (Å²) in [5.41, 5.74) is 3.33. The van der Waals surface area contributed by atoms with Gasteiger partial charge in [0.1, 0.15) is 11.4 Å². The van der Waals surface area contributed by atoms with E-state index in [9.17, 15) is 0 Å². The molecule has 0 aromatic carbocycles. The maximum absolute atomic E-state index is 4.66. The molecule has 1 aliphatic rings. The predicted octanol–water partition coefficient (Wildman–Crippen LogP) is 2.22. The predicted molar refractivity (Wildman–Crippen MR) is 65.9 cm³/mol. The summed E-state index contributed by atoms with van der Waals surface area (Å²) in [6, 6.07) is 2.34. The highest BCUT2D eigenvalue weighted by Gasteiger charge is 2.14. The first-order valence-corrected chi connectivity index (χ1v) is 6.74. The van der Waals surface area contributed by atoms with E-state index in [4.69, 9.17) is 0 Å². The second-order valence-corrected chi connectivity index (χ2v) is 5.64. The minimum absolute atomic E-state index is 0.720. The second-order valence-electron chi connectivity index (χ2n) is 4.41. The summed E-state index contributed by atoms with van der Waals surface area (Å²) >= 11 is 1.94. The van der Waals surface area contributed by atoms with Gasteiger partial charge in [0, 0.05) is 22.8 Å². The van der Waals surface area contributed by atoms with Gasteiger partial charge >= 0.3 is 0 Å². The molecular formula is C12H15N3OS. The van der Waals surface area contributed by atoms with Crippen LogP contribution in [0.15, 0.2) is 10.7 Å². The normalized spacial score (nSPS) is 14.2. The second kappa shape index (κ2) is 4.58. The van der Waals surface area contributed by atoms with Crippen molar-refractivity contribution >= 4 is 11.3 Å². The van der Waals surface area contributed by atoms with Crippen LogP contribution in [0, 0.1) is 6.92 Å². The van der Waals surface area contributed by atoms with Crippen LogP contribution in [-0.4, -0.2) is 10.3 Å². The zero-order chi connectivity index (χ0) is 11.7. The fourth-order valence-electron chi connectivity index (χ4n) is 2.19. The lowest BCUT2D eigenvalue weighted by Crippen LogP contribution is -2.12. The Balaban J connectivity index is 1.56. The highest BCUT2D eigenvalue weighted by molar-refractivity contribution is 7.12. The summed E-state index contributed by atoms with van der Waals surface area (Å²) in [6.07, 6.45) is 3.86. The third-order valence-electron chi connectivity index (χ3n) is 3.14. The van der Waals surface area contributed by atoms with Gasteiger partial charge in [-0.15, -0.1) is 11.3 Å². The van der Waals surface area contributed by atoms with Crippen LogP contribution in [0.5, 0.6) is 0 Å². The largest absolute Gasteiger partial charge is 0.306 e. The smallest absolute Gasteiger partial charge is 0.121 e. The van der Waals surface area contributed by atoms with Gasteiger partial charge in [0.05, 0.1) is 0 Å². The van der Waals surface area contributed by atoms with E-state index in [2.05, 4.69) is 26.3 Å². The highest BCUT2D eigenvalue weighted by atomic mass is 32.1. The number of hydrogen-bond donors (Lipinski definition) is 1. The summed E-state index contributed by atoms with van der Waals surface area (Å²) in [6.45, 7) is 3.54. The third kappa shape index (κ3) is 2.25. The third-order valence-corrected chi connectivity index (χ3v) is 4.37. The average Bonchev–Trinajstić information content (AvgIpc) is 2.95. The van der Waals surface area contributed by atoms with Gasteiger partial charge in [-0.2, -0.15) is 0 Å². The van der Waals surface area contributed by atoms with Crippen molar-refractivity contribution in [2.75, 3.05) is 0 Å². The molecule has 0 unspecified atom stereocenters. The van der Waals surface area contributed by atoms with Crippen molar-refractivity contribution in [3.63, 3.8) is 0 Å². The van der Waals surface area contributed by atoms with Gasteiger partial charge in [0.2, 0.25) is 0 Å². The molecule has 0 spiro atoms. The molecule has 0 saturated heterocycles. The monoisotopic (exact) mass is 249 g/mol. The van der Waals surface area contributed by atoms with Gasteiger partial charge in [-0.3, -0.25) is 0 Å². The Bertz CT molecular complexity index is 496. The molecule has 0 fully saturated rings. The number of thiophene rings is 1. The van der Waals surface area contributed by atoms with Crippen LogP contribution >= 0.6 is 11.3 Å². The van der Waals surface area contributed by atoms with E-state index in [1.165, 1.54) is 24.1 Å². The number of aromatic nitrogens is 2. The van der Waals surface area contributed by atoms with E-state index < -0.39 is 0 Å². The summed E-state index contributed by atoms with van der Waals surface area (Å²) in [4.78, 5) is 3.00. The van der Waals surface area contributed by atoms with Crippen molar-refractivity contribution in [1.29, 1.82) is 0 Å². The van der Waals surface area contributed by atoms with Crippen LogP contribution in [0.1, 0.15) is 33.1 Å². The lowest BCUT2D eigenvalue weighted by molar-refractivity contribution is 0.300. The topological polar surface area (TPSA) is 51.0 Å². The molecule has 1 N–H and O–H groups in total. The SMILES string of the molecule is Cc1nonc1CNCc1cc2c(s1)CCC2. The number of fused-ring (bicyclic) bond motifs is 1. The molecule has 0 saturated carbocycles. The van der Waals surface area contributed by atoms with Crippen molar-refractivity contribution in [2.45, 2.75) is 39.3 Å². The van der Waals surface area contributed by atoms with Gasteiger partial charge in [-0.05, 0) is 37.8 Å². The summed E-state index contributed by atoms with van der Waals surface area (Å²) < 4.78 is 4.66. The first-order chi connectivity index (χ1) is 8.33. The van der Waals surface area contributed by atoms with Crippen LogP contribution < -0.4 is 5.32 Å². The molecule has 1 aliphatic carbocycles. The van der Waals surface area contributed by atoms with Crippen molar-refractivity contribution in [1.82, 2.24) is 15.6 Å². The van der Waals surface area contributed by atoms with Crippen LogP contribution in [0.2, 0.25) is 0 Å². The maximum Gasteiger partial charge on any atom is 0.121 e. The Kier molecular flexibility index (Phi) is 2.94. The molecule has 3 rings (SSSR count). The van der Waals surface area contributed by atoms with Crippen LogP contribution in [0.3, 0.4) is 0 Å². The van der Waals surface area contributed by atoms with Crippen molar-refractivity contribution in [3.05, 3.63) is 32.8 Å². The number of hydrogen-bond acceptors (Lipinski definition) is 5. The molecule has 0 atom stereocenters. The molecule has 2 heterocycles. The van der Waals surface area contributed by atoms with Gasteiger partial charge in [-0.25, -0.2) is 4.63 Å². The van der Waals surface area contributed by atoms with E-state index in [0.29, 0.717) is 0 Å². The number of nitrogens with one attached hydrogen (secondary N) is 1. The molecule has 17 heavy (non-hydrogen) atoms. The molecule has 0 radical (unpaired) electrons. The molecule has 5 heteroatoms. The summed E-state index contributed by atoms with van der Waals surface area (Å²) in [5, 5.41) is 11.0. The molecule has 0 aliphatic heterocycles. The Labute approximate surface area is 104 Å². The number of nitrogens with zero attached hydrogens (tertiary/aromatic N) is 2.